The standard InChI is InChI=1S/C29H33N3O3/c1-19(2)14-25-28(33)31-27(23-16-21-9-3-4-10-22(21)17-23)29(34)32(25)18-20-8-7-11-24(15-20)35-26-12-5-6-13-30-26/h3-13,15,19,23,25,27,29,34H,14,16-18H2,1-2H3,(H,31,33)/t25-,27-,29?/m1/s1. The molecule has 1 unspecified atom stereocenters. The number of aliphatic hydroxyl groups is 1. The quantitative estimate of drug-likeness (QED) is 0.537. The number of carbonyl (C=O) groups is 1. The molecule has 35 heavy (non-hydrogen) atoms. The molecule has 1 aliphatic carbocycles. The maximum absolute atomic E-state index is 13.3. The molecule has 1 amide bonds. The number of ether oxygens (including phenoxy) is 1. The number of piperazine rings is 1. The Bertz CT molecular complexity index is 1140. The molecular formula is C29H33N3O3. The van der Waals surface area contributed by atoms with Gasteiger partial charge in [-0.2, -0.15) is 0 Å². The predicted molar refractivity (Wildman–Crippen MR) is 135 cm³/mol. The summed E-state index contributed by atoms with van der Waals surface area (Å²) in [6.45, 7) is 4.68. The number of nitrogens with zero attached hydrogens (tertiary/aromatic N) is 2. The SMILES string of the molecule is CC(C)C[C@@H]1C(=O)N[C@H](C2Cc3ccccc3C2)C(O)N1Cc1cccc(Oc2ccccn2)c1. The average molecular weight is 472 g/mol. The Morgan fingerprint density at radius 2 is 1.80 bits per heavy atom. The summed E-state index contributed by atoms with van der Waals surface area (Å²) in [5.41, 5.74) is 3.61. The zero-order chi connectivity index (χ0) is 24.4. The van der Waals surface area contributed by atoms with Crippen LogP contribution in [0, 0.1) is 11.8 Å². The maximum atomic E-state index is 13.3. The van der Waals surface area contributed by atoms with E-state index in [1.54, 1.807) is 6.20 Å². The number of aromatic nitrogens is 1. The third-order valence-electron chi connectivity index (χ3n) is 7.08. The summed E-state index contributed by atoms with van der Waals surface area (Å²) in [6, 6.07) is 21.1. The molecule has 6 nitrogen and oxygen atoms in total. The van der Waals surface area contributed by atoms with Crippen LogP contribution < -0.4 is 10.1 Å². The summed E-state index contributed by atoms with van der Waals surface area (Å²) in [5.74, 6) is 1.71. The average Bonchev–Trinajstić information content (AvgIpc) is 3.28. The van der Waals surface area contributed by atoms with Crippen molar-refractivity contribution in [2.75, 3.05) is 0 Å². The van der Waals surface area contributed by atoms with Gasteiger partial charge in [0.25, 0.3) is 0 Å². The molecule has 0 radical (unpaired) electrons. The van der Waals surface area contributed by atoms with Gasteiger partial charge in [0, 0.05) is 18.8 Å². The lowest BCUT2D eigenvalue weighted by Crippen LogP contribution is -2.67. The molecule has 1 aliphatic heterocycles. The molecule has 182 valence electrons. The highest BCUT2D eigenvalue weighted by molar-refractivity contribution is 5.83. The van der Waals surface area contributed by atoms with Crippen LogP contribution in [0.2, 0.25) is 0 Å². The van der Waals surface area contributed by atoms with Crippen molar-refractivity contribution in [3.8, 4) is 11.6 Å². The van der Waals surface area contributed by atoms with E-state index in [-0.39, 0.29) is 23.9 Å². The van der Waals surface area contributed by atoms with Crippen LogP contribution in [0.15, 0.2) is 72.9 Å². The van der Waals surface area contributed by atoms with Crippen LogP contribution >= 0.6 is 0 Å². The summed E-state index contributed by atoms with van der Waals surface area (Å²) in [7, 11) is 0. The van der Waals surface area contributed by atoms with Crippen molar-refractivity contribution in [2.24, 2.45) is 11.8 Å². The van der Waals surface area contributed by atoms with E-state index in [0.29, 0.717) is 30.5 Å². The molecule has 5 rings (SSSR count). The van der Waals surface area contributed by atoms with Gasteiger partial charge in [-0.25, -0.2) is 4.98 Å². The highest BCUT2D eigenvalue weighted by Crippen LogP contribution is 2.34. The minimum absolute atomic E-state index is 0.00541. The smallest absolute Gasteiger partial charge is 0.237 e. The van der Waals surface area contributed by atoms with Gasteiger partial charge in [-0.1, -0.05) is 56.3 Å². The molecule has 0 spiro atoms. The van der Waals surface area contributed by atoms with Gasteiger partial charge in [-0.15, -0.1) is 0 Å². The zero-order valence-corrected chi connectivity index (χ0v) is 20.3. The van der Waals surface area contributed by atoms with Crippen LogP contribution in [-0.4, -0.2) is 39.2 Å². The molecule has 0 bridgehead atoms. The van der Waals surface area contributed by atoms with Crippen LogP contribution in [0.5, 0.6) is 11.6 Å². The molecule has 1 aromatic heterocycles. The number of amides is 1. The summed E-state index contributed by atoms with van der Waals surface area (Å²) in [5, 5.41) is 14.8. The minimum atomic E-state index is -0.767. The summed E-state index contributed by atoms with van der Waals surface area (Å²) < 4.78 is 5.91. The molecule has 0 saturated carbocycles. The second-order valence-corrected chi connectivity index (χ2v) is 10.1. The summed E-state index contributed by atoms with van der Waals surface area (Å²) in [6.07, 6.45) is 3.35. The van der Waals surface area contributed by atoms with Gasteiger partial charge in [0.2, 0.25) is 11.8 Å². The summed E-state index contributed by atoms with van der Waals surface area (Å²) >= 11 is 0. The Kier molecular flexibility index (Phi) is 6.84. The fraction of sp³-hybridized carbons (Fsp3) is 0.379. The van der Waals surface area contributed by atoms with Crippen LogP contribution in [0.1, 0.15) is 37.0 Å². The van der Waals surface area contributed by atoms with Gasteiger partial charge in [-0.05, 0) is 66.0 Å². The number of carbonyl (C=O) groups excluding carboxylic acids is 1. The zero-order valence-electron chi connectivity index (χ0n) is 20.3. The Morgan fingerprint density at radius 1 is 1.06 bits per heavy atom. The third-order valence-corrected chi connectivity index (χ3v) is 7.08. The molecule has 6 heteroatoms. The van der Waals surface area contributed by atoms with Gasteiger partial charge < -0.3 is 15.2 Å². The second kappa shape index (κ2) is 10.2. The number of hydrogen-bond acceptors (Lipinski definition) is 5. The lowest BCUT2D eigenvalue weighted by molar-refractivity contribution is -0.151. The van der Waals surface area contributed by atoms with E-state index in [9.17, 15) is 9.90 Å². The first kappa shape index (κ1) is 23.5. The Morgan fingerprint density at radius 3 is 2.49 bits per heavy atom. The second-order valence-electron chi connectivity index (χ2n) is 10.1. The molecule has 2 heterocycles. The molecule has 3 atom stereocenters. The normalized spacial score (nSPS) is 22.7. The van der Waals surface area contributed by atoms with Crippen molar-refractivity contribution in [2.45, 2.75) is 58.0 Å². The van der Waals surface area contributed by atoms with Gasteiger partial charge in [0.05, 0.1) is 12.1 Å². The lowest BCUT2D eigenvalue weighted by atomic mass is 9.89. The van der Waals surface area contributed by atoms with Crippen LogP contribution in [0.4, 0.5) is 0 Å². The first-order valence-corrected chi connectivity index (χ1v) is 12.5. The van der Waals surface area contributed by atoms with Crippen LogP contribution in [-0.2, 0) is 24.2 Å². The predicted octanol–water partition coefficient (Wildman–Crippen LogP) is 4.32. The van der Waals surface area contributed by atoms with E-state index in [2.05, 4.69) is 48.4 Å². The highest BCUT2D eigenvalue weighted by atomic mass is 16.5. The lowest BCUT2D eigenvalue weighted by Gasteiger charge is -2.46. The van der Waals surface area contributed by atoms with Crippen molar-refractivity contribution >= 4 is 5.91 Å². The van der Waals surface area contributed by atoms with E-state index in [0.717, 1.165) is 18.4 Å². The maximum Gasteiger partial charge on any atom is 0.237 e. The van der Waals surface area contributed by atoms with Gasteiger partial charge in [0.1, 0.15) is 12.0 Å². The monoisotopic (exact) mass is 471 g/mol. The fourth-order valence-electron chi connectivity index (χ4n) is 5.42. The highest BCUT2D eigenvalue weighted by Gasteiger charge is 2.45. The minimum Gasteiger partial charge on any atom is -0.439 e. The van der Waals surface area contributed by atoms with E-state index >= 15 is 0 Å². The van der Waals surface area contributed by atoms with Gasteiger partial charge in [0.15, 0.2) is 0 Å². The Hall–Kier alpha value is -3.22. The molecule has 1 fully saturated rings. The van der Waals surface area contributed by atoms with Crippen LogP contribution in [0.25, 0.3) is 0 Å². The number of nitrogens with one attached hydrogen (secondary N) is 1. The van der Waals surface area contributed by atoms with E-state index < -0.39 is 6.23 Å². The van der Waals surface area contributed by atoms with Crippen molar-refractivity contribution < 1.29 is 14.6 Å². The molecule has 2 aromatic carbocycles. The molecule has 2 aliphatic rings. The van der Waals surface area contributed by atoms with Crippen molar-refractivity contribution in [1.82, 2.24) is 15.2 Å². The van der Waals surface area contributed by atoms with Gasteiger partial charge in [-0.3, -0.25) is 9.69 Å². The van der Waals surface area contributed by atoms with Crippen molar-refractivity contribution in [3.63, 3.8) is 0 Å². The first-order chi connectivity index (χ1) is 17.0. The fourth-order valence-corrected chi connectivity index (χ4v) is 5.42. The Balaban J connectivity index is 1.37. The van der Waals surface area contributed by atoms with E-state index in [1.165, 1.54) is 11.1 Å². The molecule has 3 aromatic rings. The summed E-state index contributed by atoms with van der Waals surface area (Å²) in [4.78, 5) is 19.5. The largest absolute Gasteiger partial charge is 0.439 e. The van der Waals surface area contributed by atoms with E-state index in [4.69, 9.17) is 4.74 Å². The Labute approximate surface area is 207 Å². The number of fused-ring (bicyclic) bond motifs is 1. The van der Waals surface area contributed by atoms with E-state index in [1.807, 2.05) is 47.4 Å². The number of pyridine rings is 1. The van der Waals surface area contributed by atoms with Gasteiger partial charge >= 0.3 is 0 Å². The third kappa shape index (κ3) is 5.24. The molecule has 1 saturated heterocycles. The first-order valence-electron chi connectivity index (χ1n) is 12.5. The number of aliphatic hydroxyl groups excluding tert-OH is 1. The van der Waals surface area contributed by atoms with Crippen molar-refractivity contribution in [1.29, 1.82) is 0 Å². The topological polar surface area (TPSA) is 74.7 Å². The number of hydrogen-bond donors (Lipinski definition) is 2. The molecular weight excluding hydrogens is 438 g/mol. The number of rotatable bonds is 7. The van der Waals surface area contributed by atoms with Crippen LogP contribution in [0.3, 0.4) is 0 Å². The number of benzene rings is 2. The van der Waals surface area contributed by atoms with Crippen molar-refractivity contribution in [3.05, 3.63) is 89.6 Å². The molecule has 2 N–H and O–H groups in total.